The minimum atomic E-state index is -1.04. The highest BCUT2D eigenvalue weighted by Crippen LogP contribution is 2.52. The average molecular weight is 350 g/mol. The molecule has 5 nitrogen and oxygen atoms in total. The fourth-order valence-corrected chi connectivity index (χ4v) is 3.79. The SMILES string of the molecule is O=C1[C@H]2[C@@H]3C=C[C@](CO)(O3)[C@@H]2C(=O)N1c1ccc(Br)cc1. The number of fused-ring (bicyclic) bond motifs is 5. The van der Waals surface area contributed by atoms with E-state index in [-0.39, 0.29) is 18.4 Å². The van der Waals surface area contributed by atoms with Crippen LogP contribution in [0, 0.1) is 11.8 Å². The Kier molecular flexibility index (Phi) is 2.67. The molecule has 3 aliphatic rings. The summed E-state index contributed by atoms with van der Waals surface area (Å²) in [5.41, 5.74) is -0.485. The lowest BCUT2D eigenvalue weighted by Gasteiger charge is -2.26. The number of amides is 2. The van der Waals surface area contributed by atoms with Crippen molar-refractivity contribution in [2.75, 3.05) is 11.5 Å². The Morgan fingerprint density at radius 1 is 1.24 bits per heavy atom. The first-order valence-electron chi connectivity index (χ1n) is 6.69. The van der Waals surface area contributed by atoms with Crippen molar-refractivity contribution >= 4 is 33.4 Å². The number of aliphatic hydroxyl groups is 1. The van der Waals surface area contributed by atoms with E-state index in [2.05, 4.69) is 15.9 Å². The molecule has 0 spiro atoms. The van der Waals surface area contributed by atoms with Gasteiger partial charge in [-0.2, -0.15) is 0 Å². The van der Waals surface area contributed by atoms with Crippen LogP contribution in [0.25, 0.3) is 0 Å². The molecule has 2 bridgehead atoms. The predicted molar refractivity (Wildman–Crippen MR) is 77.4 cm³/mol. The Hall–Kier alpha value is -1.50. The summed E-state index contributed by atoms with van der Waals surface area (Å²) < 4.78 is 6.56. The summed E-state index contributed by atoms with van der Waals surface area (Å²) in [6.45, 7) is -0.297. The van der Waals surface area contributed by atoms with Crippen molar-refractivity contribution in [3.8, 4) is 0 Å². The average Bonchev–Trinajstić information content (AvgIpc) is 3.12. The van der Waals surface area contributed by atoms with Crippen molar-refractivity contribution in [3.63, 3.8) is 0 Å². The van der Waals surface area contributed by atoms with Crippen molar-refractivity contribution in [2.45, 2.75) is 11.7 Å². The molecule has 0 saturated carbocycles. The number of ether oxygens (including phenoxy) is 1. The summed E-state index contributed by atoms with van der Waals surface area (Å²) in [6.07, 6.45) is 3.07. The van der Waals surface area contributed by atoms with Crippen LogP contribution in [0.3, 0.4) is 0 Å². The minimum absolute atomic E-state index is 0.253. The van der Waals surface area contributed by atoms with Gasteiger partial charge < -0.3 is 9.84 Å². The molecular weight excluding hydrogens is 338 g/mol. The summed E-state index contributed by atoms with van der Waals surface area (Å²) in [7, 11) is 0. The molecule has 0 radical (unpaired) electrons. The second-order valence-corrected chi connectivity index (χ2v) is 6.46. The molecule has 6 heteroatoms. The smallest absolute Gasteiger partial charge is 0.241 e. The summed E-state index contributed by atoms with van der Waals surface area (Å²) in [6, 6.07) is 7.02. The number of aliphatic hydroxyl groups excluding tert-OH is 1. The summed E-state index contributed by atoms with van der Waals surface area (Å²) >= 11 is 3.33. The Bertz CT molecular complexity index is 671. The van der Waals surface area contributed by atoms with Crippen LogP contribution in [0.2, 0.25) is 0 Å². The highest BCUT2D eigenvalue weighted by atomic mass is 79.9. The van der Waals surface area contributed by atoms with Crippen molar-refractivity contribution < 1.29 is 19.4 Å². The molecule has 2 saturated heterocycles. The number of carbonyl (C=O) groups excluding carboxylic acids is 2. The zero-order valence-corrected chi connectivity index (χ0v) is 12.5. The Labute approximate surface area is 129 Å². The molecule has 108 valence electrons. The molecule has 21 heavy (non-hydrogen) atoms. The van der Waals surface area contributed by atoms with Gasteiger partial charge in [0.2, 0.25) is 11.8 Å². The van der Waals surface area contributed by atoms with Crippen molar-refractivity contribution in [1.29, 1.82) is 0 Å². The molecule has 1 aromatic rings. The van der Waals surface area contributed by atoms with Gasteiger partial charge in [-0.3, -0.25) is 9.59 Å². The zero-order chi connectivity index (χ0) is 14.8. The third-order valence-corrected chi connectivity index (χ3v) is 5.02. The summed E-state index contributed by atoms with van der Waals surface area (Å²) in [5.74, 6) is -1.71. The van der Waals surface area contributed by atoms with Crippen LogP contribution in [-0.4, -0.2) is 35.2 Å². The topological polar surface area (TPSA) is 66.8 Å². The Morgan fingerprint density at radius 3 is 2.62 bits per heavy atom. The fraction of sp³-hybridized carbons (Fsp3) is 0.333. The van der Waals surface area contributed by atoms with E-state index in [0.29, 0.717) is 5.69 Å². The van der Waals surface area contributed by atoms with E-state index in [1.165, 1.54) is 4.90 Å². The monoisotopic (exact) mass is 349 g/mol. The van der Waals surface area contributed by atoms with Gasteiger partial charge in [0.25, 0.3) is 0 Å². The molecule has 0 unspecified atom stereocenters. The van der Waals surface area contributed by atoms with E-state index in [0.717, 1.165) is 4.47 Å². The number of nitrogens with zero attached hydrogens (tertiary/aromatic N) is 1. The standard InChI is InChI=1S/C15H12BrNO4/c16-8-1-3-9(4-2-8)17-13(19)11-10-5-6-15(7-18,21-10)12(11)14(17)20/h1-6,10-12,18H,7H2/t10-,11-,12-,15+/m0/s1. The van der Waals surface area contributed by atoms with Crippen LogP contribution >= 0.6 is 15.9 Å². The number of rotatable bonds is 2. The number of anilines is 1. The van der Waals surface area contributed by atoms with E-state index in [4.69, 9.17) is 4.74 Å². The van der Waals surface area contributed by atoms with Crippen LogP contribution in [0.1, 0.15) is 0 Å². The van der Waals surface area contributed by atoms with E-state index >= 15 is 0 Å². The van der Waals surface area contributed by atoms with E-state index < -0.39 is 23.5 Å². The maximum atomic E-state index is 12.7. The van der Waals surface area contributed by atoms with E-state index in [9.17, 15) is 14.7 Å². The quantitative estimate of drug-likeness (QED) is 0.644. The first kappa shape index (κ1) is 13.2. The van der Waals surface area contributed by atoms with Crippen molar-refractivity contribution in [1.82, 2.24) is 0 Å². The molecule has 2 fully saturated rings. The number of hydrogen-bond acceptors (Lipinski definition) is 4. The van der Waals surface area contributed by atoms with Gasteiger partial charge in [0.05, 0.1) is 30.2 Å². The maximum Gasteiger partial charge on any atom is 0.241 e. The number of imide groups is 1. The maximum absolute atomic E-state index is 12.7. The third-order valence-electron chi connectivity index (χ3n) is 4.49. The summed E-state index contributed by atoms with van der Waals surface area (Å²) in [4.78, 5) is 26.6. The largest absolute Gasteiger partial charge is 0.393 e. The molecule has 0 aromatic heterocycles. The molecule has 4 rings (SSSR count). The van der Waals surface area contributed by atoms with Gasteiger partial charge in [0.1, 0.15) is 5.60 Å². The lowest BCUT2D eigenvalue weighted by Crippen LogP contribution is -2.43. The van der Waals surface area contributed by atoms with E-state index in [1.54, 1.807) is 36.4 Å². The van der Waals surface area contributed by atoms with Gasteiger partial charge in [0, 0.05) is 4.47 Å². The normalized spacial score (nSPS) is 36.7. The van der Waals surface area contributed by atoms with Gasteiger partial charge in [-0.1, -0.05) is 28.1 Å². The fourth-order valence-electron chi connectivity index (χ4n) is 3.53. The molecule has 1 aromatic carbocycles. The first-order chi connectivity index (χ1) is 10.1. The molecule has 3 aliphatic heterocycles. The van der Waals surface area contributed by atoms with Crippen molar-refractivity contribution in [3.05, 3.63) is 40.9 Å². The number of halogens is 1. The predicted octanol–water partition coefficient (Wildman–Crippen LogP) is 1.25. The van der Waals surface area contributed by atoms with Gasteiger partial charge in [-0.05, 0) is 24.3 Å². The minimum Gasteiger partial charge on any atom is -0.393 e. The zero-order valence-electron chi connectivity index (χ0n) is 10.9. The summed E-state index contributed by atoms with van der Waals surface area (Å²) in [5, 5.41) is 9.62. The molecule has 1 N–H and O–H groups in total. The van der Waals surface area contributed by atoms with Gasteiger partial charge in [0.15, 0.2) is 0 Å². The number of benzene rings is 1. The molecular formula is C15H12BrNO4. The van der Waals surface area contributed by atoms with E-state index in [1.807, 2.05) is 0 Å². The highest BCUT2D eigenvalue weighted by Gasteiger charge is 2.67. The van der Waals surface area contributed by atoms with Gasteiger partial charge in [-0.15, -0.1) is 0 Å². The van der Waals surface area contributed by atoms with Gasteiger partial charge in [-0.25, -0.2) is 4.90 Å². The Morgan fingerprint density at radius 2 is 1.95 bits per heavy atom. The van der Waals surface area contributed by atoms with Crippen LogP contribution < -0.4 is 4.90 Å². The third kappa shape index (κ3) is 1.58. The van der Waals surface area contributed by atoms with Crippen LogP contribution in [0.15, 0.2) is 40.9 Å². The number of hydrogen-bond donors (Lipinski definition) is 1. The Balaban J connectivity index is 1.77. The molecule has 3 heterocycles. The van der Waals surface area contributed by atoms with Crippen molar-refractivity contribution in [2.24, 2.45) is 11.8 Å². The van der Waals surface area contributed by atoms with Crippen LogP contribution in [0.4, 0.5) is 5.69 Å². The van der Waals surface area contributed by atoms with Crippen LogP contribution in [-0.2, 0) is 14.3 Å². The second kappa shape index (κ2) is 4.25. The van der Waals surface area contributed by atoms with Crippen LogP contribution in [0.5, 0.6) is 0 Å². The van der Waals surface area contributed by atoms with Gasteiger partial charge >= 0.3 is 0 Å². The molecule has 0 aliphatic carbocycles. The molecule has 2 amide bonds. The lowest BCUT2D eigenvalue weighted by atomic mass is 9.77. The number of carbonyl (C=O) groups is 2. The molecule has 4 atom stereocenters. The lowest BCUT2D eigenvalue weighted by molar-refractivity contribution is -0.128. The first-order valence-corrected chi connectivity index (χ1v) is 7.48. The second-order valence-electron chi connectivity index (χ2n) is 5.55. The highest BCUT2D eigenvalue weighted by molar-refractivity contribution is 9.10.